The topological polar surface area (TPSA) is 85.8 Å². The molecule has 0 radical (unpaired) electrons. The summed E-state index contributed by atoms with van der Waals surface area (Å²) >= 11 is 0. The number of hydrogen-bond acceptors (Lipinski definition) is 4. The van der Waals surface area contributed by atoms with Crippen LogP contribution in [-0.4, -0.2) is 27.2 Å². The standard InChI is InChI=1S/C13H17N5O/c1-18-9-16-12(17-18)6-7-15-8-10-2-4-11(5-3-10)13(14)19/h2-5,9,15H,6-8H2,1H3,(H2,14,19). The van der Waals surface area contributed by atoms with Crippen LogP contribution in [0.4, 0.5) is 0 Å². The Morgan fingerprint density at radius 2 is 2.11 bits per heavy atom. The van der Waals surface area contributed by atoms with E-state index in [9.17, 15) is 4.79 Å². The third-order valence-electron chi connectivity index (χ3n) is 2.74. The normalized spacial score (nSPS) is 10.6. The highest BCUT2D eigenvalue weighted by atomic mass is 16.1. The van der Waals surface area contributed by atoms with Gasteiger partial charge in [0.1, 0.15) is 6.33 Å². The Bertz CT molecular complexity index is 546. The van der Waals surface area contributed by atoms with Crippen LogP contribution in [-0.2, 0) is 20.0 Å². The Balaban J connectivity index is 1.75. The van der Waals surface area contributed by atoms with Crippen LogP contribution in [0.3, 0.4) is 0 Å². The molecule has 0 bridgehead atoms. The van der Waals surface area contributed by atoms with E-state index in [1.54, 1.807) is 23.1 Å². The lowest BCUT2D eigenvalue weighted by Crippen LogP contribution is -2.17. The van der Waals surface area contributed by atoms with Gasteiger partial charge in [0.15, 0.2) is 5.82 Å². The van der Waals surface area contributed by atoms with Gasteiger partial charge in [-0.1, -0.05) is 12.1 Å². The summed E-state index contributed by atoms with van der Waals surface area (Å²) in [5, 5.41) is 7.50. The van der Waals surface area contributed by atoms with Crippen LogP contribution in [0.15, 0.2) is 30.6 Å². The predicted molar refractivity (Wildman–Crippen MR) is 71.4 cm³/mol. The molecule has 2 aromatic rings. The van der Waals surface area contributed by atoms with E-state index in [1.165, 1.54) is 0 Å². The summed E-state index contributed by atoms with van der Waals surface area (Å²) < 4.78 is 1.69. The van der Waals surface area contributed by atoms with Crippen LogP contribution in [0.1, 0.15) is 21.7 Å². The fourth-order valence-electron chi connectivity index (χ4n) is 1.72. The predicted octanol–water partition coefficient (Wildman–Crippen LogP) is 0.246. The number of nitrogens with zero attached hydrogens (tertiary/aromatic N) is 3. The van der Waals surface area contributed by atoms with Crippen molar-refractivity contribution in [1.82, 2.24) is 20.1 Å². The third-order valence-corrected chi connectivity index (χ3v) is 2.74. The second-order valence-corrected chi connectivity index (χ2v) is 4.32. The Labute approximate surface area is 111 Å². The van der Waals surface area contributed by atoms with Crippen molar-refractivity contribution in [2.75, 3.05) is 6.54 Å². The number of primary amides is 1. The maximum atomic E-state index is 10.9. The number of aromatic nitrogens is 3. The molecule has 0 aliphatic rings. The van der Waals surface area contributed by atoms with E-state index in [2.05, 4.69) is 15.4 Å². The van der Waals surface area contributed by atoms with Gasteiger partial charge in [0.2, 0.25) is 5.91 Å². The maximum Gasteiger partial charge on any atom is 0.248 e. The molecule has 0 fully saturated rings. The SMILES string of the molecule is Cn1cnc(CCNCc2ccc(C(N)=O)cc2)n1. The minimum absolute atomic E-state index is 0.402. The zero-order valence-corrected chi connectivity index (χ0v) is 10.8. The number of benzene rings is 1. The number of aryl methyl sites for hydroxylation is 1. The molecular weight excluding hydrogens is 242 g/mol. The van der Waals surface area contributed by atoms with Gasteiger partial charge < -0.3 is 11.1 Å². The van der Waals surface area contributed by atoms with Crippen LogP contribution in [0.2, 0.25) is 0 Å². The number of rotatable bonds is 6. The Morgan fingerprint density at radius 1 is 1.37 bits per heavy atom. The molecule has 0 saturated heterocycles. The fraction of sp³-hybridized carbons (Fsp3) is 0.308. The third kappa shape index (κ3) is 3.89. The molecule has 1 aromatic heterocycles. The molecule has 1 aromatic carbocycles. The van der Waals surface area contributed by atoms with E-state index in [1.807, 2.05) is 19.2 Å². The molecule has 2 rings (SSSR count). The summed E-state index contributed by atoms with van der Waals surface area (Å²) in [6.07, 6.45) is 2.48. The molecule has 1 heterocycles. The van der Waals surface area contributed by atoms with Crippen LogP contribution >= 0.6 is 0 Å². The molecule has 0 atom stereocenters. The number of amides is 1. The second-order valence-electron chi connectivity index (χ2n) is 4.32. The van der Waals surface area contributed by atoms with Gasteiger partial charge in [0.05, 0.1) is 0 Å². The first-order chi connectivity index (χ1) is 9.15. The molecule has 0 aliphatic carbocycles. The summed E-state index contributed by atoms with van der Waals surface area (Å²) in [4.78, 5) is 15.1. The zero-order valence-electron chi connectivity index (χ0n) is 10.8. The van der Waals surface area contributed by atoms with Crippen molar-refractivity contribution >= 4 is 5.91 Å². The van der Waals surface area contributed by atoms with Crippen molar-refractivity contribution < 1.29 is 4.79 Å². The monoisotopic (exact) mass is 259 g/mol. The van der Waals surface area contributed by atoms with Crippen molar-refractivity contribution in [1.29, 1.82) is 0 Å². The molecule has 100 valence electrons. The van der Waals surface area contributed by atoms with E-state index in [0.717, 1.165) is 30.9 Å². The van der Waals surface area contributed by atoms with Gasteiger partial charge in [-0.2, -0.15) is 5.10 Å². The molecule has 19 heavy (non-hydrogen) atoms. The lowest BCUT2D eigenvalue weighted by atomic mass is 10.1. The molecule has 1 amide bonds. The maximum absolute atomic E-state index is 10.9. The molecule has 6 heteroatoms. The number of hydrogen-bond donors (Lipinski definition) is 2. The molecule has 0 unspecified atom stereocenters. The van der Waals surface area contributed by atoms with Crippen molar-refractivity contribution in [3.8, 4) is 0 Å². The van der Waals surface area contributed by atoms with E-state index >= 15 is 0 Å². The first-order valence-electron chi connectivity index (χ1n) is 6.09. The van der Waals surface area contributed by atoms with Gasteiger partial charge in [-0.25, -0.2) is 4.98 Å². The molecule has 0 aliphatic heterocycles. The van der Waals surface area contributed by atoms with Gasteiger partial charge in [0, 0.05) is 32.1 Å². The van der Waals surface area contributed by atoms with E-state index < -0.39 is 5.91 Å². The quantitative estimate of drug-likeness (QED) is 0.728. The lowest BCUT2D eigenvalue weighted by molar-refractivity contribution is 0.100. The van der Waals surface area contributed by atoms with Crippen LogP contribution in [0.5, 0.6) is 0 Å². The lowest BCUT2D eigenvalue weighted by Gasteiger charge is -2.04. The smallest absolute Gasteiger partial charge is 0.248 e. The van der Waals surface area contributed by atoms with Crippen molar-refractivity contribution in [2.24, 2.45) is 12.8 Å². The highest BCUT2D eigenvalue weighted by Gasteiger charge is 2.00. The van der Waals surface area contributed by atoms with Gasteiger partial charge in [0.25, 0.3) is 0 Å². The van der Waals surface area contributed by atoms with Crippen LogP contribution < -0.4 is 11.1 Å². The second kappa shape index (κ2) is 6.10. The highest BCUT2D eigenvalue weighted by Crippen LogP contribution is 2.03. The van der Waals surface area contributed by atoms with E-state index in [4.69, 9.17) is 5.73 Å². The molecule has 0 saturated carbocycles. The first-order valence-corrected chi connectivity index (χ1v) is 6.09. The van der Waals surface area contributed by atoms with Gasteiger partial charge >= 0.3 is 0 Å². The number of carbonyl (C=O) groups excluding carboxylic acids is 1. The van der Waals surface area contributed by atoms with E-state index in [-0.39, 0.29) is 0 Å². The van der Waals surface area contributed by atoms with Gasteiger partial charge in [-0.15, -0.1) is 0 Å². The first kappa shape index (κ1) is 13.2. The largest absolute Gasteiger partial charge is 0.366 e. The van der Waals surface area contributed by atoms with Gasteiger partial charge in [-0.3, -0.25) is 9.48 Å². The highest BCUT2D eigenvalue weighted by molar-refractivity contribution is 5.92. The summed E-state index contributed by atoms with van der Waals surface area (Å²) in [6.45, 7) is 1.55. The van der Waals surface area contributed by atoms with Crippen molar-refractivity contribution in [3.63, 3.8) is 0 Å². The minimum atomic E-state index is -0.402. The Morgan fingerprint density at radius 3 is 2.68 bits per heavy atom. The number of nitrogens with one attached hydrogen (secondary N) is 1. The van der Waals surface area contributed by atoms with Crippen LogP contribution in [0.25, 0.3) is 0 Å². The summed E-state index contributed by atoms with van der Waals surface area (Å²) in [5.41, 5.74) is 6.82. The minimum Gasteiger partial charge on any atom is -0.366 e. The average molecular weight is 259 g/mol. The molecular formula is C13H17N5O. The number of carbonyl (C=O) groups is 1. The fourth-order valence-corrected chi connectivity index (χ4v) is 1.72. The van der Waals surface area contributed by atoms with Crippen LogP contribution in [0, 0.1) is 0 Å². The number of nitrogens with two attached hydrogens (primary N) is 1. The Kier molecular flexibility index (Phi) is 4.25. The van der Waals surface area contributed by atoms with Crippen molar-refractivity contribution in [3.05, 3.63) is 47.5 Å². The van der Waals surface area contributed by atoms with Gasteiger partial charge in [-0.05, 0) is 17.7 Å². The summed E-state index contributed by atoms with van der Waals surface area (Å²) in [6, 6.07) is 7.26. The van der Waals surface area contributed by atoms with Crippen molar-refractivity contribution in [2.45, 2.75) is 13.0 Å². The average Bonchev–Trinajstić information content (AvgIpc) is 2.81. The molecule has 3 N–H and O–H groups in total. The van der Waals surface area contributed by atoms with E-state index in [0.29, 0.717) is 5.56 Å². The Hall–Kier alpha value is -2.21. The zero-order chi connectivity index (χ0) is 13.7. The molecule has 0 spiro atoms. The molecule has 6 nitrogen and oxygen atoms in total. The summed E-state index contributed by atoms with van der Waals surface area (Å²) in [5.74, 6) is 0.430. The summed E-state index contributed by atoms with van der Waals surface area (Å²) in [7, 11) is 1.85.